The molecule has 0 saturated heterocycles. The minimum atomic E-state index is -3.48. The molecule has 1 heterocycles. The highest BCUT2D eigenvalue weighted by Crippen LogP contribution is 2.20. The van der Waals surface area contributed by atoms with E-state index >= 15 is 0 Å². The highest BCUT2D eigenvalue weighted by atomic mass is 32.2. The van der Waals surface area contributed by atoms with E-state index < -0.39 is 10.2 Å². The summed E-state index contributed by atoms with van der Waals surface area (Å²) in [6.07, 6.45) is 1.67. The Bertz CT molecular complexity index is 632. The smallest absolute Gasteiger partial charge is 0.278 e. The molecule has 7 heteroatoms. The van der Waals surface area contributed by atoms with Crippen LogP contribution in [-0.4, -0.2) is 36.0 Å². The van der Waals surface area contributed by atoms with Crippen molar-refractivity contribution in [2.24, 2.45) is 0 Å². The highest BCUT2D eigenvalue weighted by molar-refractivity contribution is 7.90. The summed E-state index contributed by atoms with van der Waals surface area (Å²) in [5, 5.41) is 6.74. The fourth-order valence-corrected chi connectivity index (χ4v) is 3.15. The molecule has 0 unspecified atom stereocenters. The molecule has 1 aromatic heterocycles. The largest absolute Gasteiger partial charge is 0.301 e. The Morgan fingerprint density at radius 3 is 2.30 bits per heavy atom. The average Bonchev–Trinajstić information content (AvgIpc) is 2.94. The first-order chi connectivity index (χ1) is 9.56. The maximum Gasteiger partial charge on any atom is 0.301 e. The molecule has 1 aromatic carbocycles. The summed E-state index contributed by atoms with van der Waals surface area (Å²) in [4.78, 5) is 0. The number of nitrogens with one attached hydrogen (secondary N) is 2. The quantitative estimate of drug-likeness (QED) is 0.856. The van der Waals surface area contributed by atoms with Crippen LogP contribution in [0.1, 0.15) is 13.8 Å². The fourth-order valence-electron chi connectivity index (χ4n) is 1.91. The summed E-state index contributed by atoms with van der Waals surface area (Å²) < 4.78 is 28.1. The van der Waals surface area contributed by atoms with Gasteiger partial charge in [-0.15, -0.1) is 0 Å². The first-order valence-electron chi connectivity index (χ1n) is 6.44. The SMILES string of the molecule is CCN(CC)S(=O)(=O)Nc1ccc(-c2ccn[nH]2)cc1. The summed E-state index contributed by atoms with van der Waals surface area (Å²) in [6, 6.07) is 9.00. The standard InChI is InChI=1S/C13H18N4O2S/c1-3-17(4-2)20(18,19)16-12-7-5-11(6-8-12)13-9-10-14-15-13/h5-10,16H,3-4H2,1-2H3,(H,14,15). The molecule has 0 amide bonds. The number of hydrogen-bond donors (Lipinski definition) is 2. The van der Waals surface area contributed by atoms with Crippen molar-refractivity contribution in [2.75, 3.05) is 17.8 Å². The molecule has 2 N–H and O–H groups in total. The Balaban J connectivity index is 2.15. The molecular weight excluding hydrogens is 276 g/mol. The Labute approximate surface area is 119 Å². The van der Waals surface area contributed by atoms with Crippen molar-refractivity contribution in [3.05, 3.63) is 36.5 Å². The zero-order chi connectivity index (χ0) is 14.6. The minimum Gasteiger partial charge on any atom is -0.278 e. The Morgan fingerprint density at radius 2 is 1.80 bits per heavy atom. The Hall–Kier alpha value is -1.86. The van der Waals surface area contributed by atoms with E-state index in [9.17, 15) is 8.42 Å². The van der Waals surface area contributed by atoms with Gasteiger partial charge in [0.15, 0.2) is 0 Å². The number of hydrogen-bond acceptors (Lipinski definition) is 3. The van der Waals surface area contributed by atoms with Crippen molar-refractivity contribution in [2.45, 2.75) is 13.8 Å². The molecule has 0 fully saturated rings. The van der Waals surface area contributed by atoms with Gasteiger partial charge in [-0.3, -0.25) is 9.82 Å². The van der Waals surface area contributed by atoms with Gasteiger partial charge in [0.1, 0.15) is 0 Å². The number of benzene rings is 1. The van der Waals surface area contributed by atoms with Crippen LogP contribution in [0.5, 0.6) is 0 Å². The van der Waals surface area contributed by atoms with Gasteiger partial charge in [0.2, 0.25) is 0 Å². The lowest BCUT2D eigenvalue weighted by atomic mass is 10.1. The van der Waals surface area contributed by atoms with Crippen LogP contribution in [-0.2, 0) is 10.2 Å². The molecule has 20 heavy (non-hydrogen) atoms. The van der Waals surface area contributed by atoms with E-state index in [1.165, 1.54) is 4.31 Å². The molecule has 0 aliphatic rings. The minimum absolute atomic E-state index is 0.443. The van der Waals surface area contributed by atoms with Crippen molar-refractivity contribution in [1.29, 1.82) is 0 Å². The fraction of sp³-hybridized carbons (Fsp3) is 0.308. The van der Waals surface area contributed by atoms with Crippen molar-refractivity contribution < 1.29 is 8.42 Å². The third-order valence-corrected chi connectivity index (χ3v) is 4.68. The van der Waals surface area contributed by atoms with E-state index in [4.69, 9.17) is 0 Å². The number of rotatable bonds is 6. The molecule has 0 saturated carbocycles. The molecule has 2 aromatic rings. The second-order valence-corrected chi connectivity index (χ2v) is 5.91. The van der Waals surface area contributed by atoms with E-state index in [0.29, 0.717) is 18.8 Å². The van der Waals surface area contributed by atoms with Gasteiger partial charge in [-0.05, 0) is 23.8 Å². The van der Waals surface area contributed by atoms with Gasteiger partial charge in [0, 0.05) is 25.0 Å². The number of nitrogens with zero attached hydrogens (tertiary/aromatic N) is 2. The van der Waals surface area contributed by atoms with Crippen molar-refractivity contribution in [3.8, 4) is 11.3 Å². The number of H-pyrrole nitrogens is 1. The molecule has 0 spiro atoms. The summed E-state index contributed by atoms with van der Waals surface area (Å²) in [5.41, 5.74) is 2.39. The molecule has 6 nitrogen and oxygen atoms in total. The van der Waals surface area contributed by atoms with Crippen LogP contribution in [0, 0.1) is 0 Å². The van der Waals surface area contributed by atoms with E-state index in [0.717, 1.165) is 11.3 Å². The third-order valence-electron chi connectivity index (χ3n) is 2.99. The van der Waals surface area contributed by atoms with Crippen LogP contribution in [0.3, 0.4) is 0 Å². The molecule has 0 atom stereocenters. The lowest BCUT2D eigenvalue weighted by molar-refractivity contribution is 0.449. The zero-order valence-electron chi connectivity index (χ0n) is 11.5. The first kappa shape index (κ1) is 14.5. The molecular formula is C13H18N4O2S. The van der Waals surface area contributed by atoms with Gasteiger partial charge in [-0.1, -0.05) is 26.0 Å². The van der Waals surface area contributed by atoms with Gasteiger partial charge in [-0.2, -0.15) is 17.8 Å². The second kappa shape index (κ2) is 6.06. The maximum atomic E-state index is 12.1. The summed E-state index contributed by atoms with van der Waals surface area (Å²) in [6.45, 7) is 4.50. The van der Waals surface area contributed by atoms with Crippen LogP contribution in [0.2, 0.25) is 0 Å². The monoisotopic (exact) mass is 294 g/mol. The number of aromatic amines is 1. The molecule has 108 valence electrons. The van der Waals surface area contributed by atoms with Crippen molar-refractivity contribution in [3.63, 3.8) is 0 Å². The van der Waals surface area contributed by atoms with Crippen molar-refractivity contribution in [1.82, 2.24) is 14.5 Å². The molecule has 0 aliphatic heterocycles. The molecule has 0 radical (unpaired) electrons. The lowest BCUT2D eigenvalue weighted by Gasteiger charge is -2.19. The van der Waals surface area contributed by atoms with Gasteiger partial charge in [0.05, 0.1) is 5.69 Å². The number of anilines is 1. The van der Waals surface area contributed by atoms with Gasteiger partial charge in [-0.25, -0.2) is 0 Å². The summed E-state index contributed by atoms with van der Waals surface area (Å²) >= 11 is 0. The predicted molar refractivity (Wildman–Crippen MR) is 79.5 cm³/mol. The normalized spacial score (nSPS) is 11.8. The first-order valence-corrected chi connectivity index (χ1v) is 7.88. The van der Waals surface area contributed by atoms with Gasteiger partial charge >= 0.3 is 10.2 Å². The van der Waals surface area contributed by atoms with E-state index in [1.54, 1.807) is 18.3 Å². The Morgan fingerprint density at radius 1 is 1.15 bits per heavy atom. The maximum absolute atomic E-state index is 12.1. The molecule has 0 bridgehead atoms. The highest BCUT2D eigenvalue weighted by Gasteiger charge is 2.18. The molecule has 2 rings (SSSR count). The van der Waals surface area contributed by atoms with Crippen LogP contribution in [0.15, 0.2) is 36.5 Å². The predicted octanol–water partition coefficient (Wildman–Crippen LogP) is 2.08. The van der Waals surface area contributed by atoms with Crippen LogP contribution >= 0.6 is 0 Å². The molecule has 0 aliphatic carbocycles. The summed E-state index contributed by atoms with van der Waals surface area (Å²) in [5.74, 6) is 0. The van der Waals surface area contributed by atoms with Crippen molar-refractivity contribution >= 4 is 15.9 Å². The number of aromatic nitrogens is 2. The summed E-state index contributed by atoms with van der Waals surface area (Å²) in [7, 11) is -3.48. The van der Waals surface area contributed by atoms with E-state index in [2.05, 4.69) is 14.9 Å². The topological polar surface area (TPSA) is 78.1 Å². The van der Waals surface area contributed by atoms with Crippen LogP contribution in [0.4, 0.5) is 5.69 Å². The zero-order valence-corrected chi connectivity index (χ0v) is 12.3. The second-order valence-electron chi connectivity index (χ2n) is 4.24. The Kier molecular flexibility index (Phi) is 4.41. The third kappa shape index (κ3) is 3.17. The van der Waals surface area contributed by atoms with E-state index in [-0.39, 0.29) is 0 Å². The van der Waals surface area contributed by atoms with Gasteiger partial charge < -0.3 is 0 Å². The van der Waals surface area contributed by atoms with Gasteiger partial charge in [0.25, 0.3) is 0 Å². The average molecular weight is 294 g/mol. The van der Waals surface area contributed by atoms with Crippen LogP contribution < -0.4 is 4.72 Å². The van der Waals surface area contributed by atoms with E-state index in [1.807, 2.05) is 32.0 Å². The lowest BCUT2D eigenvalue weighted by Crippen LogP contribution is -2.35. The van der Waals surface area contributed by atoms with Crippen LogP contribution in [0.25, 0.3) is 11.3 Å².